The number of aromatic nitrogens is 2. The molecular weight excluding hydrogens is 182 g/mol. The molecule has 1 atom stereocenters. The molecule has 0 amide bonds. The van der Waals surface area contributed by atoms with Crippen molar-refractivity contribution in [2.75, 3.05) is 13.2 Å². The molecule has 1 aromatic rings. The predicted molar refractivity (Wildman–Crippen MR) is 51.4 cm³/mol. The number of nitrogens with one attached hydrogen (secondary N) is 2. The average molecular weight is 195 g/mol. The molecule has 2 rings (SSSR count). The van der Waals surface area contributed by atoms with Crippen molar-refractivity contribution in [1.82, 2.24) is 15.3 Å². The minimum absolute atomic E-state index is 0.186. The Morgan fingerprint density at radius 3 is 3.29 bits per heavy atom. The van der Waals surface area contributed by atoms with Gasteiger partial charge in [0.15, 0.2) is 0 Å². The van der Waals surface area contributed by atoms with Gasteiger partial charge in [-0.1, -0.05) is 0 Å². The van der Waals surface area contributed by atoms with Gasteiger partial charge in [-0.25, -0.2) is 4.98 Å². The largest absolute Gasteiger partial charge is 0.476 e. The van der Waals surface area contributed by atoms with Gasteiger partial charge in [-0.2, -0.15) is 0 Å². The van der Waals surface area contributed by atoms with Crippen molar-refractivity contribution in [2.45, 2.75) is 18.9 Å². The second kappa shape index (κ2) is 4.23. The standard InChI is InChI=1S/C9H13N3O2/c13-8-4-9(12-6-11-8)14-5-7-2-1-3-10-7/h4,6-7,10H,1-3,5H2,(H,11,12,13). The minimum atomic E-state index is -0.186. The van der Waals surface area contributed by atoms with Crippen LogP contribution in [0.4, 0.5) is 0 Å². The van der Waals surface area contributed by atoms with E-state index in [9.17, 15) is 4.79 Å². The van der Waals surface area contributed by atoms with Crippen LogP contribution in [-0.2, 0) is 0 Å². The van der Waals surface area contributed by atoms with E-state index >= 15 is 0 Å². The summed E-state index contributed by atoms with van der Waals surface area (Å²) in [5.41, 5.74) is -0.186. The van der Waals surface area contributed by atoms with Crippen molar-refractivity contribution in [3.63, 3.8) is 0 Å². The predicted octanol–water partition coefficient (Wildman–Crippen LogP) is -0.0993. The van der Waals surface area contributed by atoms with Gasteiger partial charge in [0.2, 0.25) is 5.88 Å². The Balaban J connectivity index is 1.88. The summed E-state index contributed by atoms with van der Waals surface area (Å²) in [5, 5.41) is 3.30. The summed E-state index contributed by atoms with van der Waals surface area (Å²) in [6, 6.07) is 1.76. The molecule has 1 aliphatic rings. The fourth-order valence-electron chi connectivity index (χ4n) is 1.51. The Morgan fingerprint density at radius 1 is 1.64 bits per heavy atom. The van der Waals surface area contributed by atoms with Crippen molar-refractivity contribution < 1.29 is 4.74 Å². The fraction of sp³-hybridized carbons (Fsp3) is 0.556. The van der Waals surface area contributed by atoms with Crippen molar-refractivity contribution in [3.8, 4) is 5.88 Å². The average Bonchev–Trinajstić information content (AvgIpc) is 2.67. The molecule has 2 N–H and O–H groups in total. The summed E-state index contributed by atoms with van der Waals surface area (Å²) < 4.78 is 5.38. The third-order valence-electron chi connectivity index (χ3n) is 2.25. The highest BCUT2D eigenvalue weighted by molar-refractivity contribution is 5.04. The highest BCUT2D eigenvalue weighted by atomic mass is 16.5. The fourth-order valence-corrected chi connectivity index (χ4v) is 1.51. The maximum atomic E-state index is 10.9. The molecule has 0 aliphatic carbocycles. The quantitative estimate of drug-likeness (QED) is 0.706. The summed E-state index contributed by atoms with van der Waals surface area (Å²) in [7, 11) is 0. The minimum Gasteiger partial charge on any atom is -0.476 e. The first-order valence-corrected chi connectivity index (χ1v) is 4.75. The van der Waals surface area contributed by atoms with Crippen LogP contribution in [0.15, 0.2) is 17.2 Å². The van der Waals surface area contributed by atoms with E-state index in [0.29, 0.717) is 18.5 Å². The van der Waals surface area contributed by atoms with Gasteiger partial charge in [0.1, 0.15) is 6.61 Å². The van der Waals surface area contributed by atoms with Crippen molar-refractivity contribution in [1.29, 1.82) is 0 Å². The van der Waals surface area contributed by atoms with Gasteiger partial charge in [-0.05, 0) is 19.4 Å². The summed E-state index contributed by atoms with van der Waals surface area (Å²) in [6.07, 6.45) is 3.67. The van der Waals surface area contributed by atoms with Crippen molar-refractivity contribution in [2.24, 2.45) is 0 Å². The first-order chi connectivity index (χ1) is 6.84. The second-order valence-corrected chi connectivity index (χ2v) is 3.35. The molecule has 5 nitrogen and oxygen atoms in total. The normalized spacial score (nSPS) is 21.0. The first kappa shape index (κ1) is 9.21. The smallest absolute Gasteiger partial charge is 0.254 e. The maximum Gasteiger partial charge on any atom is 0.254 e. The number of ether oxygens (including phenoxy) is 1. The number of hydrogen-bond donors (Lipinski definition) is 2. The highest BCUT2D eigenvalue weighted by Gasteiger charge is 2.14. The zero-order valence-corrected chi connectivity index (χ0v) is 7.82. The topological polar surface area (TPSA) is 67.0 Å². The van der Waals surface area contributed by atoms with Gasteiger partial charge >= 0.3 is 0 Å². The van der Waals surface area contributed by atoms with Crippen LogP contribution in [0.5, 0.6) is 5.88 Å². The molecule has 5 heteroatoms. The van der Waals surface area contributed by atoms with Gasteiger partial charge in [0.25, 0.3) is 5.56 Å². The lowest BCUT2D eigenvalue weighted by atomic mass is 10.2. The Labute approximate surface area is 81.5 Å². The van der Waals surface area contributed by atoms with E-state index in [1.165, 1.54) is 18.8 Å². The van der Waals surface area contributed by atoms with E-state index in [4.69, 9.17) is 4.74 Å². The molecular formula is C9H13N3O2. The molecule has 1 aromatic heterocycles. The molecule has 0 saturated carbocycles. The van der Waals surface area contributed by atoms with E-state index in [-0.39, 0.29) is 5.56 Å². The summed E-state index contributed by atoms with van der Waals surface area (Å²) in [4.78, 5) is 17.2. The third-order valence-corrected chi connectivity index (χ3v) is 2.25. The molecule has 1 aliphatic heterocycles. The molecule has 1 fully saturated rings. The SMILES string of the molecule is O=c1cc(OCC2CCCN2)nc[nH]1. The Bertz CT molecular complexity index is 344. The Hall–Kier alpha value is -1.36. The first-order valence-electron chi connectivity index (χ1n) is 4.75. The van der Waals surface area contributed by atoms with Crippen LogP contribution in [-0.4, -0.2) is 29.2 Å². The number of nitrogens with zero attached hydrogens (tertiary/aromatic N) is 1. The van der Waals surface area contributed by atoms with Gasteiger partial charge < -0.3 is 15.0 Å². The van der Waals surface area contributed by atoms with E-state index in [0.717, 1.165) is 13.0 Å². The zero-order chi connectivity index (χ0) is 9.80. The summed E-state index contributed by atoms with van der Waals surface area (Å²) in [5.74, 6) is 0.391. The molecule has 0 bridgehead atoms. The number of aromatic amines is 1. The molecule has 0 aromatic carbocycles. The van der Waals surface area contributed by atoms with Gasteiger partial charge in [-0.15, -0.1) is 0 Å². The molecule has 0 radical (unpaired) electrons. The van der Waals surface area contributed by atoms with E-state index in [1.807, 2.05) is 0 Å². The molecule has 2 heterocycles. The van der Waals surface area contributed by atoms with Crippen LogP contribution < -0.4 is 15.6 Å². The monoisotopic (exact) mass is 195 g/mol. The Morgan fingerprint density at radius 2 is 2.57 bits per heavy atom. The summed E-state index contributed by atoms with van der Waals surface area (Å²) >= 11 is 0. The zero-order valence-electron chi connectivity index (χ0n) is 7.82. The molecule has 1 saturated heterocycles. The molecule has 1 unspecified atom stereocenters. The lowest BCUT2D eigenvalue weighted by Crippen LogP contribution is -2.28. The van der Waals surface area contributed by atoms with Crippen LogP contribution >= 0.6 is 0 Å². The molecule has 76 valence electrons. The summed E-state index contributed by atoms with van der Waals surface area (Å²) in [6.45, 7) is 1.63. The third kappa shape index (κ3) is 2.32. The number of hydrogen-bond acceptors (Lipinski definition) is 4. The number of H-pyrrole nitrogens is 1. The lowest BCUT2D eigenvalue weighted by Gasteiger charge is -2.10. The van der Waals surface area contributed by atoms with Crippen LogP contribution in [0.25, 0.3) is 0 Å². The van der Waals surface area contributed by atoms with Gasteiger partial charge in [-0.3, -0.25) is 4.79 Å². The highest BCUT2D eigenvalue weighted by Crippen LogP contribution is 2.07. The maximum absolute atomic E-state index is 10.9. The van der Waals surface area contributed by atoms with Crippen LogP contribution in [0.3, 0.4) is 0 Å². The van der Waals surface area contributed by atoms with Gasteiger partial charge in [0, 0.05) is 6.04 Å². The van der Waals surface area contributed by atoms with E-state index in [2.05, 4.69) is 15.3 Å². The van der Waals surface area contributed by atoms with Crippen molar-refractivity contribution >= 4 is 0 Å². The van der Waals surface area contributed by atoms with E-state index < -0.39 is 0 Å². The van der Waals surface area contributed by atoms with Crippen molar-refractivity contribution in [3.05, 3.63) is 22.7 Å². The molecule has 14 heavy (non-hydrogen) atoms. The van der Waals surface area contributed by atoms with E-state index in [1.54, 1.807) is 0 Å². The van der Waals surface area contributed by atoms with Crippen LogP contribution in [0, 0.1) is 0 Å². The molecule has 0 spiro atoms. The second-order valence-electron chi connectivity index (χ2n) is 3.35. The van der Waals surface area contributed by atoms with Crippen LogP contribution in [0.2, 0.25) is 0 Å². The lowest BCUT2D eigenvalue weighted by molar-refractivity contribution is 0.267. The van der Waals surface area contributed by atoms with Crippen LogP contribution in [0.1, 0.15) is 12.8 Å². The Kier molecular flexibility index (Phi) is 2.78. The number of rotatable bonds is 3. The van der Waals surface area contributed by atoms with Gasteiger partial charge in [0.05, 0.1) is 12.4 Å².